The highest BCUT2D eigenvalue weighted by Crippen LogP contribution is 2.37. The molecule has 0 aliphatic rings. The van der Waals surface area contributed by atoms with Gasteiger partial charge in [-0.25, -0.2) is 0 Å². The quantitative estimate of drug-likeness (QED) is 0.449. The molecule has 10 heteroatoms. The van der Waals surface area contributed by atoms with Crippen LogP contribution >= 0.6 is 0 Å². The lowest BCUT2D eigenvalue weighted by atomic mass is 10.2. The number of nitro groups is 2. The van der Waals surface area contributed by atoms with Gasteiger partial charge in [0.2, 0.25) is 0 Å². The van der Waals surface area contributed by atoms with Gasteiger partial charge in [-0.15, -0.1) is 0 Å². The van der Waals surface area contributed by atoms with Gasteiger partial charge >= 0.3 is 21.5 Å². The van der Waals surface area contributed by atoms with Gasteiger partial charge in [-0.1, -0.05) is 0 Å². The number of benzene rings is 1. The highest BCUT2D eigenvalue weighted by Gasteiger charge is 2.30. The maximum absolute atomic E-state index is 11.3. The van der Waals surface area contributed by atoms with E-state index in [4.69, 9.17) is 0 Å². The smallest absolute Gasteiger partial charge is 0.319 e. The summed E-state index contributed by atoms with van der Waals surface area (Å²) in [6.07, 6.45) is 0. The summed E-state index contributed by atoms with van der Waals surface area (Å²) in [4.78, 5) is 19.5. The molecule has 0 bridgehead atoms. The lowest BCUT2D eigenvalue weighted by Crippen LogP contribution is -2.13. The standard InChI is InChI=1S/C8H8N2O7S/c1-2-18(15,16)17-8-6(9(11)12)4-3-5-7(8)10(13)14/h3-5H,2H2,1H3. The van der Waals surface area contributed by atoms with Crippen LogP contribution in [0.3, 0.4) is 0 Å². The molecule has 0 fully saturated rings. The van der Waals surface area contributed by atoms with Crippen LogP contribution in [0, 0.1) is 20.2 Å². The molecule has 0 aliphatic heterocycles. The molecule has 0 aromatic heterocycles. The Morgan fingerprint density at radius 2 is 1.61 bits per heavy atom. The lowest BCUT2D eigenvalue weighted by molar-refractivity contribution is -0.395. The molecule has 1 rings (SSSR count). The topological polar surface area (TPSA) is 130 Å². The molecular formula is C8H8N2O7S. The second kappa shape index (κ2) is 4.96. The largest absolute Gasteiger partial charge is 0.367 e. The molecule has 98 valence electrons. The molecular weight excluding hydrogens is 268 g/mol. The number of hydrogen-bond acceptors (Lipinski definition) is 7. The summed E-state index contributed by atoms with van der Waals surface area (Å²) >= 11 is 0. The van der Waals surface area contributed by atoms with Crippen molar-refractivity contribution >= 4 is 21.5 Å². The Bertz CT molecular complexity index is 563. The summed E-state index contributed by atoms with van der Waals surface area (Å²) in [6, 6.07) is 2.92. The first-order chi connectivity index (χ1) is 8.28. The van der Waals surface area contributed by atoms with E-state index in [-0.39, 0.29) is 0 Å². The van der Waals surface area contributed by atoms with Crippen molar-refractivity contribution in [3.05, 3.63) is 38.4 Å². The number of nitro benzene ring substituents is 2. The Kier molecular flexibility index (Phi) is 3.81. The second-order valence-corrected chi connectivity index (χ2v) is 4.93. The number of rotatable bonds is 5. The van der Waals surface area contributed by atoms with Crippen LogP contribution in [-0.2, 0) is 10.1 Å². The normalized spacial score (nSPS) is 10.9. The minimum atomic E-state index is -4.09. The zero-order chi connectivity index (χ0) is 13.9. The third-order valence-electron chi connectivity index (χ3n) is 1.93. The second-order valence-electron chi connectivity index (χ2n) is 3.07. The van der Waals surface area contributed by atoms with Crippen molar-refractivity contribution in [3.63, 3.8) is 0 Å². The van der Waals surface area contributed by atoms with Crippen LogP contribution in [0.2, 0.25) is 0 Å². The van der Waals surface area contributed by atoms with Crippen molar-refractivity contribution < 1.29 is 22.4 Å². The van der Waals surface area contributed by atoms with Gasteiger partial charge in [-0.3, -0.25) is 20.2 Å². The Morgan fingerprint density at radius 1 is 1.17 bits per heavy atom. The van der Waals surface area contributed by atoms with Gasteiger partial charge in [0, 0.05) is 12.1 Å². The molecule has 0 saturated heterocycles. The molecule has 0 aliphatic carbocycles. The van der Waals surface area contributed by atoms with Gasteiger partial charge in [0.25, 0.3) is 5.75 Å². The SMILES string of the molecule is CCS(=O)(=O)Oc1c([N+](=O)[O-])cccc1[N+](=O)[O-]. The fourth-order valence-electron chi connectivity index (χ4n) is 1.07. The van der Waals surface area contributed by atoms with Crippen LogP contribution in [0.15, 0.2) is 18.2 Å². The molecule has 0 saturated carbocycles. The van der Waals surface area contributed by atoms with Crippen molar-refractivity contribution in [3.8, 4) is 5.75 Å². The number of nitrogens with zero attached hydrogens (tertiary/aromatic N) is 2. The molecule has 0 heterocycles. The van der Waals surface area contributed by atoms with E-state index in [9.17, 15) is 28.6 Å². The van der Waals surface area contributed by atoms with E-state index in [1.807, 2.05) is 0 Å². The van der Waals surface area contributed by atoms with Crippen LogP contribution in [-0.4, -0.2) is 24.0 Å². The molecule has 0 N–H and O–H groups in total. The molecule has 0 atom stereocenters. The van der Waals surface area contributed by atoms with Gasteiger partial charge < -0.3 is 4.18 Å². The molecule has 18 heavy (non-hydrogen) atoms. The highest BCUT2D eigenvalue weighted by molar-refractivity contribution is 7.87. The summed E-state index contributed by atoms with van der Waals surface area (Å²) in [7, 11) is -4.09. The summed E-state index contributed by atoms with van der Waals surface area (Å²) in [5.74, 6) is -1.34. The van der Waals surface area contributed by atoms with E-state index in [1.54, 1.807) is 0 Å². The average Bonchev–Trinajstić information content (AvgIpc) is 2.28. The van der Waals surface area contributed by atoms with E-state index in [2.05, 4.69) is 4.18 Å². The van der Waals surface area contributed by atoms with Crippen LogP contribution < -0.4 is 4.18 Å². The fourth-order valence-corrected chi connectivity index (χ4v) is 1.61. The third-order valence-corrected chi connectivity index (χ3v) is 3.06. The Morgan fingerprint density at radius 3 is 1.94 bits per heavy atom. The molecule has 1 aromatic rings. The summed E-state index contributed by atoms with van der Waals surface area (Å²) < 4.78 is 26.9. The van der Waals surface area contributed by atoms with Crippen molar-refractivity contribution in [2.75, 3.05) is 5.75 Å². The zero-order valence-electron chi connectivity index (χ0n) is 9.10. The predicted molar refractivity (Wildman–Crippen MR) is 59.8 cm³/mol. The summed E-state index contributed by atoms with van der Waals surface area (Å²) in [5.41, 5.74) is -1.55. The molecule has 0 amide bonds. The van der Waals surface area contributed by atoms with E-state index in [0.717, 1.165) is 18.2 Å². The first-order valence-corrected chi connectivity index (χ1v) is 6.20. The first-order valence-electron chi connectivity index (χ1n) is 4.62. The van der Waals surface area contributed by atoms with Gasteiger partial charge in [0.1, 0.15) is 0 Å². The third kappa shape index (κ3) is 2.91. The van der Waals surface area contributed by atoms with Gasteiger partial charge in [-0.05, 0) is 13.0 Å². The van der Waals surface area contributed by atoms with E-state index >= 15 is 0 Å². The zero-order valence-corrected chi connectivity index (χ0v) is 9.92. The van der Waals surface area contributed by atoms with Crippen LogP contribution in [0.1, 0.15) is 6.92 Å². The van der Waals surface area contributed by atoms with Crippen LogP contribution in [0.5, 0.6) is 5.75 Å². The average molecular weight is 276 g/mol. The van der Waals surface area contributed by atoms with Crippen LogP contribution in [0.25, 0.3) is 0 Å². The van der Waals surface area contributed by atoms with Crippen molar-refractivity contribution in [1.29, 1.82) is 0 Å². The van der Waals surface area contributed by atoms with Crippen molar-refractivity contribution in [1.82, 2.24) is 0 Å². The molecule has 0 spiro atoms. The Labute approximate surface area is 101 Å². The Hall–Kier alpha value is -2.23. The maximum atomic E-state index is 11.3. The fraction of sp³-hybridized carbons (Fsp3) is 0.250. The van der Waals surface area contributed by atoms with E-state index < -0.39 is 42.8 Å². The number of hydrogen-bond donors (Lipinski definition) is 0. The summed E-state index contributed by atoms with van der Waals surface area (Å²) in [6.45, 7) is 1.25. The minimum absolute atomic E-state index is 0.462. The van der Waals surface area contributed by atoms with Gasteiger partial charge in [-0.2, -0.15) is 8.42 Å². The van der Waals surface area contributed by atoms with Crippen molar-refractivity contribution in [2.24, 2.45) is 0 Å². The lowest BCUT2D eigenvalue weighted by Gasteiger charge is -2.05. The van der Waals surface area contributed by atoms with Gasteiger partial charge in [0.05, 0.1) is 15.6 Å². The van der Waals surface area contributed by atoms with Crippen LogP contribution in [0.4, 0.5) is 11.4 Å². The maximum Gasteiger partial charge on any atom is 0.319 e. The molecule has 0 unspecified atom stereocenters. The summed E-state index contributed by atoms with van der Waals surface area (Å²) in [5, 5.41) is 21.4. The monoisotopic (exact) mass is 276 g/mol. The predicted octanol–water partition coefficient (Wildman–Crippen LogP) is 1.23. The first kappa shape index (κ1) is 13.8. The number of para-hydroxylation sites is 1. The molecule has 0 radical (unpaired) electrons. The minimum Gasteiger partial charge on any atom is -0.367 e. The highest BCUT2D eigenvalue weighted by atomic mass is 32.2. The van der Waals surface area contributed by atoms with E-state index in [1.165, 1.54) is 6.92 Å². The Balaban J connectivity index is 3.46. The van der Waals surface area contributed by atoms with Gasteiger partial charge in [0.15, 0.2) is 0 Å². The van der Waals surface area contributed by atoms with E-state index in [0.29, 0.717) is 0 Å². The molecule has 1 aromatic carbocycles. The van der Waals surface area contributed by atoms with Crippen molar-refractivity contribution in [2.45, 2.75) is 6.92 Å². The molecule has 9 nitrogen and oxygen atoms in total.